The number of rotatable bonds is 14. The summed E-state index contributed by atoms with van der Waals surface area (Å²) in [4.78, 5) is 36.9. The van der Waals surface area contributed by atoms with Gasteiger partial charge in [-0.1, -0.05) is 194 Å². The minimum Gasteiger partial charge on any atom is -0.257 e. The van der Waals surface area contributed by atoms with Crippen molar-refractivity contribution in [1.82, 2.24) is 50.1 Å². The molecule has 0 aliphatic carbocycles. The van der Waals surface area contributed by atoms with E-state index in [1.807, 2.05) is 13.8 Å². The van der Waals surface area contributed by atoms with Crippen LogP contribution in [0.15, 0.2) is 0 Å². The van der Waals surface area contributed by atoms with E-state index >= 15 is 0 Å². The Labute approximate surface area is 848 Å². The van der Waals surface area contributed by atoms with Crippen LogP contribution in [0.1, 0.15) is 457 Å². The fourth-order valence-corrected chi connectivity index (χ4v) is 15.1. The molecule has 0 saturated carbocycles. The van der Waals surface area contributed by atoms with Gasteiger partial charge in [-0.25, -0.2) is 19.9 Å². The second kappa shape index (κ2) is 57.7. The average molecular weight is 2020 g/mol. The SMILES string of the molecule is Cc1c(C(C)C)nnc(C(C)C)c1C.Cc1c(C)c(C(C)C)c(C)c(C)c1C(C)C.Cc1nc(C(C)C)c(C)c(C)c1C(C)C.Cc1nc(C(C)C)c(C)c(C)c1C(C)C.Cc1nc(C(C)C)c(C)nc1C(C)C.Cc1nc(C(C)C)nc(C)c1C(C)C.Cc1nc(C(C)C)nc(C)c1C(C)C.[Y].[Y].[Y].[Y].[Y].[Y].[Y]. The molecule has 0 N–H and O–H groups in total. The normalized spacial score (nSPS) is 10.8. The number of nitrogens with zero attached hydrogens (tertiary/aromatic N) is 10. The van der Waals surface area contributed by atoms with E-state index in [1.165, 1.54) is 101 Å². The second-order valence-corrected chi connectivity index (χ2v) is 33.7. The van der Waals surface area contributed by atoms with Crippen molar-refractivity contribution in [3.8, 4) is 0 Å². The van der Waals surface area contributed by atoms with E-state index in [0.717, 1.165) is 68.6 Å². The summed E-state index contributed by atoms with van der Waals surface area (Å²) >= 11 is 0. The second-order valence-electron chi connectivity index (χ2n) is 33.7. The van der Waals surface area contributed by atoms with E-state index in [9.17, 15) is 0 Å². The van der Waals surface area contributed by atoms with Gasteiger partial charge in [-0.05, 0) is 285 Å². The van der Waals surface area contributed by atoms with Crippen LogP contribution in [0.2, 0.25) is 0 Å². The Morgan fingerprint density at radius 1 is 0.138 bits per heavy atom. The van der Waals surface area contributed by atoms with Crippen LogP contribution in [0.25, 0.3) is 0 Å². The summed E-state index contributed by atoms with van der Waals surface area (Å²) < 4.78 is 0. The van der Waals surface area contributed by atoms with Crippen LogP contribution in [0, 0.1) is 125 Å². The molecular weight excluding hydrogens is 1870 g/mol. The number of aromatic nitrogens is 10. The van der Waals surface area contributed by atoms with Crippen molar-refractivity contribution in [1.29, 1.82) is 0 Å². The molecule has 7 rings (SSSR count). The summed E-state index contributed by atoms with van der Waals surface area (Å²) in [6, 6.07) is 0. The minimum atomic E-state index is 0. The first-order valence-electron chi connectivity index (χ1n) is 39.2. The van der Waals surface area contributed by atoms with Gasteiger partial charge < -0.3 is 0 Å². The quantitative estimate of drug-likeness (QED) is 0.104. The summed E-state index contributed by atoms with van der Waals surface area (Å²) in [5.74, 6) is 9.03. The Hall–Kier alpha value is 1.57. The molecule has 0 saturated heterocycles. The van der Waals surface area contributed by atoms with Gasteiger partial charge in [0.25, 0.3) is 0 Å². The Kier molecular flexibility index (Phi) is 65.5. The van der Waals surface area contributed by atoms with Crippen molar-refractivity contribution in [2.45, 2.75) is 401 Å². The molecule has 0 unspecified atom stereocenters. The van der Waals surface area contributed by atoms with Gasteiger partial charge >= 0.3 is 0 Å². The first kappa shape index (κ1) is 124. The summed E-state index contributed by atoms with van der Waals surface area (Å²) in [6.45, 7) is 100. The maximum Gasteiger partial charge on any atom is 0.131 e. The van der Waals surface area contributed by atoms with Crippen molar-refractivity contribution in [2.24, 2.45) is 0 Å². The minimum absolute atomic E-state index is 0. The van der Waals surface area contributed by atoms with Crippen molar-refractivity contribution >= 4 is 0 Å². The molecule has 591 valence electrons. The van der Waals surface area contributed by atoms with E-state index in [4.69, 9.17) is 9.97 Å². The van der Waals surface area contributed by atoms with Gasteiger partial charge in [-0.3, -0.25) is 19.9 Å². The van der Waals surface area contributed by atoms with Crippen LogP contribution in [-0.4, -0.2) is 50.1 Å². The predicted molar refractivity (Wildman–Crippen MR) is 446 cm³/mol. The predicted octanol–water partition coefficient (Wildman–Crippen LogP) is 27.0. The van der Waals surface area contributed by atoms with Crippen molar-refractivity contribution < 1.29 is 229 Å². The van der Waals surface area contributed by atoms with Crippen LogP contribution in [0.4, 0.5) is 0 Å². The zero-order valence-electron chi connectivity index (χ0n) is 78.6. The molecule has 10 nitrogen and oxygen atoms in total. The Morgan fingerprint density at radius 2 is 0.294 bits per heavy atom. The monoisotopic (exact) mass is 2020 g/mol. The molecule has 0 atom stereocenters. The van der Waals surface area contributed by atoms with Crippen LogP contribution in [-0.2, 0) is 229 Å². The van der Waals surface area contributed by atoms with E-state index < -0.39 is 0 Å². The van der Waals surface area contributed by atoms with Gasteiger partial charge in [-0.2, -0.15) is 10.2 Å². The van der Waals surface area contributed by atoms with Crippen molar-refractivity contribution in [3.63, 3.8) is 0 Å². The van der Waals surface area contributed by atoms with E-state index in [1.54, 1.807) is 11.1 Å². The number of hydrogen-bond acceptors (Lipinski definition) is 10. The number of benzene rings is 1. The van der Waals surface area contributed by atoms with Gasteiger partial charge in [0.2, 0.25) is 0 Å². The average Bonchev–Trinajstić information content (AvgIpc) is 0.803. The maximum atomic E-state index is 4.75. The van der Waals surface area contributed by atoms with E-state index in [-0.39, 0.29) is 229 Å². The Balaban J connectivity index is -0.000000220. The Bertz CT molecular complexity index is 3530. The van der Waals surface area contributed by atoms with Crippen LogP contribution in [0.5, 0.6) is 0 Å². The Morgan fingerprint density at radius 3 is 0.459 bits per heavy atom. The summed E-state index contributed by atoms with van der Waals surface area (Å²) in [5.41, 5.74) is 38.9. The largest absolute Gasteiger partial charge is 0.257 e. The number of hydrogen-bond donors (Lipinski definition) is 0. The summed E-state index contributed by atoms with van der Waals surface area (Å²) in [5, 5.41) is 8.62. The molecule has 1 aromatic carbocycles. The van der Waals surface area contributed by atoms with E-state index in [2.05, 4.69) is 345 Å². The van der Waals surface area contributed by atoms with Gasteiger partial charge in [-0.15, -0.1) is 0 Å². The van der Waals surface area contributed by atoms with Crippen molar-refractivity contribution in [2.75, 3.05) is 0 Å². The standard InChI is InChI=1S/C16H26.2C14H23N.4C12H20N2.7Y/c1-9(2)15-11(5)13(7)16(10(3)4)14(8)12(15)6;2*1-8(2)13-10(5)11(6)14(9(3)4)15-12(13)7;1-7(2)11-9(5)14-12(8(3)4)10(6)13-11;2*1-7(2)11-9(5)13-12(8(3)4)14-10(11)6;1-7(2)11-9(5)10(6)12(8(3)4)14-13-11;;;;;;;/h9-10H,1-8H3;2*8-9H,1-7H3;4*7-8H,1-6H3;;;;;;;. The molecular formula is C92H152N10Y7. The molecule has 0 spiro atoms. The van der Waals surface area contributed by atoms with Gasteiger partial charge in [0.15, 0.2) is 0 Å². The fourth-order valence-electron chi connectivity index (χ4n) is 15.1. The van der Waals surface area contributed by atoms with Crippen LogP contribution >= 0.6 is 0 Å². The summed E-state index contributed by atoms with van der Waals surface area (Å²) in [6.07, 6.45) is 0. The molecule has 109 heavy (non-hydrogen) atoms. The zero-order chi connectivity index (χ0) is 79.6. The zero-order valence-corrected chi connectivity index (χ0v) is 98.5. The molecule has 6 heterocycles. The third-order valence-electron chi connectivity index (χ3n) is 20.2. The van der Waals surface area contributed by atoms with Crippen LogP contribution in [0.3, 0.4) is 0 Å². The molecule has 0 fully saturated rings. The number of pyridine rings is 2. The third kappa shape index (κ3) is 36.4. The van der Waals surface area contributed by atoms with Crippen LogP contribution < -0.4 is 0 Å². The molecule has 17 heteroatoms. The van der Waals surface area contributed by atoms with Gasteiger partial charge in [0.1, 0.15) is 11.6 Å². The number of aryl methyl sites for hydroxylation is 8. The fraction of sp³-hybridized carbons (Fsp3) is 0.652. The van der Waals surface area contributed by atoms with Gasteiger partial charge in [0.05, 0.1) is 34.2 Å². The first-order chi connectivity index (χ1) is 46.7. The molecule has 0 aliphatic rings. The maximum absolute atomic E-state index is 4.75. The smallest absolute Gasteiger partial charge is 0.131 e. The molecule has 7 radical (unpaired) electrons. The first-order valence-corrected chi connectivity index (χ1v) is 39.2. The molecule has 7 aromatic rings. The molecule has 0 aliphatic heterocycles. The summed E-state index contributed by atoms with van der Waals surface area (Å²) in [7, 11) is 0. The van der Waals surface area contributed by atoms with E-state index in [0.29, 0.717) is 82.9 Å². The molecule has 0 amide bonds. The molecule has 0 bridgehead atoms. The third-order valence-corrected chi connectivity index (χ3v) is 20.2. The van der Waals surface area contributed by atoms with Gasteiger partial charge in [0, 0.05) is 286 Å². The van der Waals surface area contributed by atoms with Crippen molar-refractivity contribution in [3.05, 3.63) is 180 Å². The molecule has 6 aromatic heterocycles. The topological polar surface area (TPSA) is 129 Å².